The summed E-state index contributed by atoms with van der Waals surface area (Å²) in [6, 6.07) is 6.09. The number of H-pyrrole nitrogens is 1. The second-order valence-electron chi connectivity index (χ2n) is 4.53. The number of nitrogens with one attached hydrogen (secondary N) is 1. The van der Waals surface area contributed by atoms with Gasteiger partial charge in [0, 0.05) is 12.1 Å². The molecule has 1 fully saturated rings. The highest BCUT2D eigenvalue weighted by atomic mass is 32.2. The third-order valence-corrected chi connectivity index (χ3v) is 4.53. The van der Waals surface area contributed by atoms with Crippen molar-refractivity contribution in [3.63, 3.8) is 0 Å². The van der Waals surface area contributed by atoms with Crippen molar-refractivity contribution in [3.8, 4) is 5.75 Å². The quantitative estimate of drug-likeness (QED) is 0.906. The summed E-state index contributed by atoms with van der Waals surface area (Å²) >= 11 is 1.97. The number of ether oxygens (including phenoxy) is 1. The molecule has 1 aliphatic heterocycles. The third kappa shape index (κ3) is 1.92. The minimum Gasteiger partial charge on any atom is -0.497 e. The molecule has 18 heavy (non-hydrogen) atoms. The Morgan fingerprint density at radius 2 is 2.17 bits per heavy atom. The smallest absolute Gasteiger partial charge is 0.326 e. The number of hydrogen-bond donors (Lipinski definition) is 1. The number of methoxy groups -OCH3 is 1. The Bertz CT molecular complexity index is 611. The highest BCUT2D eigenvalue weighted by molar-refractivity contribution is 7.99. The molecule has 1 aliphatic rings. The number of hydrogen-bond acceptors (Lipinski definition) is 3. The van der Waals surface area contributed by atoms with Gasteiger partial charge in [-0.3, -0.25) is 4.57 Å². The maximum absolute atomic E-state index is 12.1. The van der Waals surface area contributed by atoms with Gasteiger partial charge in [0.25, 0.3) is 0 Å². The van der Waals surface area contributed by atoms with Crippen LogP contribution in [0.4, 0.5) is 0 Å². The first-order chi connectivity index (χ1) is 8.79. The molecule has 2 aromatic rings. The van der Waals surface area contributed by atoms with E-state index in [0.717, 1.165) is 41.1 Å². The minimum atomic E-state index is -0.00449. The van der Waals surface area contributed by atoms with Crippen LogP contribution in [0.2, 0.25) is 0 Å². The molecule has 0 unspecified atom stereocenters. The fourth-order valence-corrected chi connectivity index (χ4v) is 3.62. The molecule has 2 heterocycles. The lowest BCUT2D eigenvalue weighted by molar-refractivity contribution is 0.415. The van der Waals surface area contributed by atoms with Gasteiger partial charge in [-0.25, -0.2) is 4.79 Å². The van der Waals surface area contributed by atoms with Crippen LogP contribution >= 0.6 is 11.8 Å². The van der Waals surface area contributed by atoms with Gasteiger partial charge in [-0.2, -0.15) is 11.8 Å². The molecule has 0 atom stereocenters. The summed E-state index contributed by atoms with van der Waals surface area (Å²) in [6.07, 6.45) is 2.15. The lowest BCUT2D eigenvalue weighted by Crippen LogP contribution is -2.25. The Balaban J connectivity index is 2.10. The van der Waals surface area contributed by atoms with Gasteiger partial charge in [-0.1, -0.05) is 0 Å². The maximum atomic E-state index is 12.1. The van der Waals surface area contributed by atoms with Crippen molar-refractivity contribution in [3.05, 3.63) is 28.7 Å². The van der Waals surface area contributed by atoms with Gasteiger partial charge in [0.05, 0.1) is 18.1 Å². The van der Waals surface area contributed by atoms with Crippen LogP contribution in [0.15, 0.2) is 23.0 Å². The number of fused-ring (bicyclic) bond motifs is 1. The Morgan fingerprint density at radius 1 is 1.39 bits per heavy atom. The molecule has 1 saturated heterocycles. The van der Waals surface area contributed by atoms with Gasteiger partial charge in [0.2, 0.25) is 0 Å². The first-order valence-corrected chi connectivity index (χ1v) is 7.31. The second kappa shape index (κ2) is 4.72. The average molecular weight is 264 g/mol. The second-order valence-corrected chi connectivity index (χ2v) is 5.75. The van der Waals surface area contributed by atoms with E-state index < -0.39 is 0 Å². The fourth-order valence-electron chi connectivity index (χ4n) is 2.54. The van der Waals surface area contributed by atoms with Crippen molar-refractivity contribution in [1.29, 1.82) is 0 Å². The summed E-state index contributed by atoms with van der Waals surface area (Å²) in [5.74, 6) is 3.05. The van der Waals surface area contributed by atoms with Crippen LogP contribution in [0.1, 0.15) is 18.9 Å². The van der Waals surface area contributed by atoms with Gasteiger partial charge in [0.15, 0.2) is 0 Å². The molecule has 0 spiro atoms. The van der Waals surface area contributed by atoms with Crippen LogP contribution in [0.25, 0.3) is 11.0 Å². The fraction of sp³-hybridized carbons (Fsp3) is 0.462. The average Bonchev–Trinajstić information content (AvgIpc) is 2.74. The highest BCUT2D eigenvalue weighted by Crippen LogP contribution is 2.29. The van der Waals surface area contributed by atoms with E-state index in [0.29, 0.717) is 6.04 Å². The number of imidazole rings is 1. The lowest BCUT2D eigenvalue weighted by atomic mass is 10.1. The first kappa shape index (κ1) is 11.7. The number of thioether (sulfide) groups is 1. The van der Waals surface area contributed by atoms with Crippen molar-refractivity contribution in [2.75, 3.05) is 18.6 Å². The van der Waals surface area contributed by atoms with Crippen molar-refractivity contribution in [2.45, 2.75) is 18.9 Å². The van der Waals surface area contributed by atoms with Gasteiger partial charge < -0.3 is 9.72 Å². The van der Waals surface area contributed by atoms with E-state index in [1.165, 1.54) is 0 Å². The number of rotatable bonds is 2. The van der Waals surface area contributed by atoms with E-state index in [1.807, 2.05) is 34.5 Å². The van der Waals surface area contributed by atoms with Crippen molar-refractivity contribution < 1.29 is 4.74 Å². The molecular weight excluding hydrogens is 248 g/mol. The zero-order valence-corrected chi connectivity index (χ0v) is 11.1. The lowest BCUT2D eigenvalue weighted by Gasteiger charge is -2.22. The number of benzene rings is 1. The molecular formula is C13H16N2O2S. The number of aromatic nitrogens is 2. The summed E-state index contributed by atoms with van der Waals surface area (Å²) in [5, 5.41) is 0. The van der Waals surface area contributed by atoms with E-state index >= 15 is 0 Å². The van der Waals surface area contributed by atoms with E-state index in [-0.39, 0.29) is 5.69 Å². The van der Waals surface area contributed by atoms with Crippen molar-refractivity contribution >= 4 is 22.8 Å². The molecule has 0 radical (unpaired) electrons. The Morgan fingerprint density at radius 3 is 2.89 bits per heavy atom. The van der Waals surface area contributed by atoms with Crippen LogP contribution in [-0.2, 0) is 0 Å². The molecule has 0 aliphatic carbocycles. The molecule has 1 N–H and O–H groups in total. The van der Waals surface area contributed by atoms with Crippen LogP contribution < -0.4 is 10.4 Å². The van der Waals surface area contributed by atoms with Crippen LogP contribution in [0, 0.1) is 0 Å². The number of nitrogens with zero attached hydrogens (tertiary/aromatic N) is 1. The summed E-state index contributed by atoms with van der Waals surface area (Å²) in [7, 11) is 1.63. The largest absolute Gasteiger partial charge is 0.497 e. The van der Waals surface area contributed by atoms with Crippen LogP contribution in [0.3, 0.4) is 0 Å². The van der Waals surface area contributed by atoms with Gasteiger partial charge in [-0.15, -0.1) is 0 Å². The summed E-state index contributed by atoms with van der Waals surface area (Å²) in [5.41, 5.74) is 1.84. The van der Waals surface area contributed by atoms with E-state index in [2.05, 4.69) is 4.98 Å². The molecule has 3 rings (SSSR count). The molecule has 4 nitrogen and oxygen atoms in total. The van der Waals surface area contributed by atoms with Gasteiger partial charge in [-0.05, 0) is 36.5 Å². The standard InChI is InChI=1S/C13H16N2O2S/c1-17-10-2-3-12-11(8-10)14-13(16)15(12)9-4-6-18-7-5-9/h2-3,8-9H,4-7H2,1H3,(H,14,16). The molecule has 96 valence electrons. The van der Waals surface area contributed by atoms with Crippen molar-refractivity contribution in [1.82, 2.24) is 9.55 Å². The molecule has 5 heteroatoms. The maximum Gasteiger partial charge on any atom is 0.326 e. The van der Waals surface area contributed by atoms with Crippen molar-refractivity contribution in [2.24, 2.45) is 0 Å². The summed E-state index contributed by atoms with van der Waals surface area (Å²) in [6.45, 7) is 0. The normalized spacial score (nSPS) is 17.2. The first-order valence-electron chi connectivity index (χ1n) is 6.15. The monoisotopic (exact) mass is 264 g/mol. The Hall–Kier alpha value is -1.36. The van der Waals surface area contributed by atoms with E-state index in [4.69, 9.17) is 4.74 Å². The molecule has 0 amide bonds. The van der Waals surface area contributed by atoms with Gasteiger partial charge in [0.1, 0.15) is 5.75 Å². The van der Waals surface area contributed by atoms with E-state index in [9.17, 15) is 4.79 Å². The predicted molar refractivity (Wildman–Crippen MR) is 74.7 cm³/mol. The molecule has 0 saturated carbocycles. The summed E-state index contributed by atoms with van der Waals surface area (Å²) in [4.78, 5) is 15.0. The SMILES string of the molecule is COc1ccc2c(c1)[nH]c(=O)n2C1CCSCC1. The predicted octanol–water partition coefficient (Wildman–Crippen LogP) is 2.41. The highest BCUT2D eigenvalue weighted by Gasteiger charge is 2.20. The zero-order valence-electron chi connectivity index (χ0n) is 10.3. The Kier molecular flexibility index (Phi) is 3.07. The number of aromatic amines is 1. The molecule has 1 aromatic carbocycles. The third-order valence-electron chi connectivity index (χ3n) is 3.48. The van der Waals surface area contributed by atoms with Crippen LogP contribution in [-0.4, -0.2) is 28.2 Å². The van der Waals surface area contributed by atoms with E-state index in [1.54, 1.807) is 7.11 Å². The summed E-state index contributed by atoms with van der Waals surface area (Å²) < 4.78 is 7.09. The minimum absolute atomic E-state index is 0.00449. The molecule has 1 aromatic heterocycles. The van der Waals surface area contributed by atoms with Gasteiger partial charge >= 0.3 is 5.69 Å². The Labute approximate surface area is 109 Å². The topological polar surface area (TPSA) is 47.0 Å². The zero-order chi connectivity index (χ0) is 12.5. The van der Waals surface area contributed by atoms with Crippen LogP contribution in [0.5, 0.6) is 5.75 Å². The molecule has 0 bridgehead atoms.